The molecule has 9 heteroatoms. The first-order chi connectivity index (χ1) is 8.51. The van der Waals surface area contributed by atoms with Crippen LogP contribution in [-0.2, 0) is 9.53 Å². The summed E-state index contributed by atoms with van der Waals surface area (Å²) in [5.74, 6) is -1.52. The molecule has 0 aromatic rings. The molecule has 1 aliphatic rings. The zero-order valence-corrected chi connectivity index (χ0v) is 9.46. The molecule has 102 valence electrons. The number of aliphatic hydroxyl groups is 4. The molecule has 1 saturated heterocycles. The second kappa shape index (κ2) is 6.64. The number of carbonyl (C=O) groups excluding carboxylic acids is 1. The lowest BCUT2D eigenvalue weighted by atomic mass is 9.87. The second-order valence-electron chi connectivity index (χ2n) is 4.02. The summed E-state index contributed by atoms with van der Waals surface area (Å²) in [5, 5.41) is 40.8. The minimum absolute atomic E-state index is 0.295. The van der Waals surface area contributed by atoms with Gasteiger partial charge in [0.05, 0.1) is 19.3 Å². The van der Waals surface area contributed by atoms with Crippen LogP contribution >= 0.6 is 0 Å². The molecule has 3 unspecified atom stereocenters. The molecule has 4 N–H and O–H groups in total. The number of rotatable bonds is 5. The Hall–Kier alpha value is -1.22. The maximum Gasteiger partial charge on any atom is 0.160 e. The molecular weight excluding hydrogens is 246 g/mol. The number of hydrogen-bond donors (Lipinski definition) is 4. The number of hydrogen-bond acceptors (Lipinski definition) is 7. The number of azide groups is 1. The van der Waals surface area contributed by atoms with Gasteiger partial charge in [0.2, 0.25) is 0 Å². The summed E-state index contributed by atoms with van der Waals surface area (Å²) in [6.45, 7) is -0.958. The highest BCUT2D eigenvalue weighted by Crippen LogP contribution is 2.27. The van der Waals surface area contributed by atoms with Crippen LogP contribution in [0.3, 0.4) is 0 Å². The zero-order chi connectivity index (χ0) is 13.7. The van der Waals surface area contributed by atoms with E-state index in [0.29, 0.717) is 0 Å². The van der Waals surface area contributed by atoms with E-state index in [9.17, 15) is 20.1 Å². The standard InChI is InChI=1S/C9H15N3O6/c10-12-11-2-4(14)1-5-7(15)8(16)6(3-13)18-9(5)17/h5-9,13,15-17H,1-3H2/t5?,6?,7-,8-,9?/m1/s1. The first kappa shape index (κ1) is 14.8. The van der Waals surface area contributed by atoms with Crippen molar-refractivity contribution in [3.63, 3.8) is 0 Å². The number of ketones is 1. The first-order valence-electron chi connectivity index (χ1n) is 5.34. The number of aliphatic hydroxyl groups excluding tert-OH is 4. The van der Waals surface area contributed by atoms with E-state index < -0.39 is 49.5 Å². The van der Waals surface area contributed by atoms with Gasteiger partial charge in [0.25, 0.3) is 0 Å². The quantitative estimate of drug-likeness (QED) is 0.262. The normalized spacial score (nSPS) is 35.9. The highest BCUT2D eigenvalue weighted by atomic mass is 16.6. The Morgan fingerprint density at radius 2 is 2.00 bits per heavy atom. The topological polar surface area (TPSA) is 156 Å². The molecule has 18 heavy (non-hydrogen) atoms. The fourth-order valence-corrected chi connectivity index (χ4v) is 1.81. The van der Waals surface area contributed by atoms with Crippen LogP contribution in [0.5, 0.6) is 0 Å². The molecule has 9 nitrogen and oxygen atoms in total. The highest BCUT2D eigenvalue weighted by molar-refractivity contribution is 5.80. The van der Waals surface area contributed by atoms with Crippen LogP contribution in [0, 0.1) is 5.92 Å². The summed E-state index contributed by atoms with van der Waals surface area (Å²) in [6, 6.07) is 0. The molecular formula is C9H15N3O6. The van der Waals surface area contributed by atoms with Crippen LogP contribution in [-0.4, -0.2) is 64.0 Å². The smallest absolute Gasteiger partial charge is 0.160 e. The van der Waals surface area contributed by atoms with Crippen LogP contribution in [0.2, 0.25) is 0 Å². The maximum absolute atomic E-state index is 11.3. The SMILES string of the molecule is [N-]=[N+]=NCC(=O)CC1C(O)OC(CO)[C@@H](O)[C@@H]1O. The maximum atomic E-state index is 11.3. The Labute approximate surface area is 102 Å². The Balaban J connectivity index is 2.64. The van der Waals surface area contributed by atoms with Crippen molar-refractivity contribution in [1.29, 1.82) is 0 Å². The first-order valence-corrected chi connectivity index (χ1v) is 5.34. The third-order valence-electron chi connectivity index (χ3n) is 2.80. The van der Waals surface area contributed by atoms with Gasteiger partial charge in [-0.25, -0.2) is 0 Å². The van der Waals surface area contributed by atoms with E-state index in [0.717, 1.165) is 0 Å². The number of carbonyl (C=O) groups is 1. The van der Waals surface area contributed by atoms with Gasteiger partial charge < -0.3 is 25.2 Å². The molecule has 1 fully saturated rings. The van der Waals surface area contributed by atoms with Gasteiger partial charge in [-0.05, 0) is 5.53 Å². The Morgan fingerprint density at radius 3 is 2.56 bits per heavy atom. The predicted molar refractivity (Wildman–Crippen MR) is 57.1 cm³/mol. The molecule has 0 aromatic heterocycles. The fraction of sp³-hybridized carbons (Fsp3) is 0.889. The van der Waals surface area contributed by atoms with E-state index in [2.05, 4.69) is 10.0 Å². The van der Waals surface area contributed by atoms with Gasteiger partial charge in [0.15, 0.2) is 6.29 Å². The Bertz CT molecular complexity index is 345. The van der Waals surface area contributed by atoms with E-state index in [4.69, 9.17) is 15.4 Å². The molecule has 0 radical (unpaired) electrons. The molecule has 0 bridgehead atoms. The van der Waals surface area contributed by atoms with Crippen molar-refractivity contribution in [2.24, 2.45) is 11.0 Å². The lowest BCUT2D eigenvalue weighted by molar-refractivity contribution is -0.269. The molecule has 0 aromatic carbocycles. The van der Waals surface area contributed by atoms with Crippen molar-refractivity contribution >= 4 is 5.78 Å². The number of Topliss-reactive ketones (excluding diaryl/α,β-unsaturated/α-hetero) is 1. The molecule has 1 aliphatic heterocycles. The van der Waals surface area contributed by atoms with Crippen LogP contribution in [0.4, 0.5) is 0 Å². The Kier molecular flexibility index (Phi) is 5.48. The van der Waals surface area contributed by atoms with Crippen molar-refractivity contribution in [3.8, 4) is 0 Å². The predicted octanol–water partition coefficient (Wildman–Crippen LogP) is -1.70. The lowest BCUT2D eigenvalue weighted by Gasteiger charge is -2.39. The van der Waals surface area contributed by atoms with Crippen molar-refractivity contribution in [2.75, 3.05) is 13.2 Å². The number of ether oxygens (including phenoxy) is 1. The van der Waals surface area contributed by atoms with Crippen LogP contribution in [0.25, 0.3) is 10.4 Å². The van der Waals surface area contributed by atoms with E-state index in [1.54, 1.807) is 0 Å². The molecule has 1 rings (SSSR count). The van der Waals surface area contributed by atoms with Gasteiger partial charge in [-0.2, -0.15) is 0 Å². The van der Waals surface area contributed by atoms with Gasteiger partial charge in [-0.3, -0.25) is 4.79 Å². The van der Waals surface area contributed by atoms with Crippen molar-refractivity contribution in [1.82, 2.24) is 0 Å². The summed E-state index contributed by atoms with van der Waals surface area (Å²) in [7, 11) is 0. The minimum Gasteiger partial charge on any atom is -0.394 e. The van der Waals surface area contributed by atoms with Gasteiger partial charge >= 0.3 is 0 Å². The van der Waals surface area contributed by atoms with Crippen LogP contribution in [0.15, 0.2) is 5.11 Å². The fourth-order valence-electron chi connectivity index (χ4n) is 1.81. The van der Waals surface area contributed by atoms with Gasteiger partial charge in [-0.15, -0.1) is 0 Å². The van der Waals surface area contributed by atoms with Crippen molar-refractivity contribution in [3.05, 3.63) is 10.4 Å². The molecule has 1 heterocycles. The van der Waals surface area contributed by atoms with E-state index >= 15 is 0 Å². The third-order valence-corrected chi connectivity index (χ3v) is 2.80. The molecule has 0 spiro atoms. The molecule has 0 saturated carbocycles. The van der Waals surface area contributed by atoms with Crippen molar-refractivity contribution in [2.45, 2.75) is 31.0 Å². The summed E-state index contributed by atoms with van der Waals surface area (Å²) >= 11 is 0. The largest absolute Gasteiger partial charge is 0.394 e. The lowest BCUT2D eigenvalue weighted by Crippen LogP contribution is -2.56. The summed E-state index contributed by atoms with van der Waals surface area (Å²) in [6.07, 6.45) is -5.66. The highest BCUT2D eigenvalue weighted by Gasteiger charge is 2.43. The van der Waals surface area contributed by atoms with Crippen molar-refractivity contribution < 1.29 is 30.0 Å². The van der Waals surface area contributed by atoms with E-state index in [1.807, 2.05) is 0 Å². The van der Waals surface area contributed by atoms with Crippen LogP contribution < -0.4 is 0 Å². The summed E-state index contributed by atoms with van der Waals surface area (Å²) in [5.41, 5.74) is 8.05. The van der Waals surface area contributed by atoms with Crippen LogP contribution in [0.1, 0.15) is 6.42 Å². The molecule has 0 amide bonds. The van der Waals surface area contributed by atoms with Gasteiger partial charge in [0, 0.05) is 17.3 Å². The summed E-state index contributed by atoms with van der Waals surface area (Å²) in [4.78, 5) is 13.8. The Morgan fingerprint density at radius 1 is 1.33 bits per heavy atom. The average Bonchev–Trinajstić information content (AvgIpc) is 2.36. The second-order valence-corrected chi connectivity index (χ2v) is 4.02. The van der Waals surface area contributed by atoms with Gasteiger partial charge in [0.1, 0.15) is 18.0 Å². The van der Waals surface area contributed by atoms with E-state index in [-0.39, 0.29) is 6.42 Å². The third kappa shape index (κ3) is 3.39. The molecule has 5 atom stereocenters. The minimum atomic E-state index is -1.48. The number of nitrogens with zero attached hydrogens (tertiary/aromatic N) is 3. The monoisotopic (exact) mass is 261 g/mol. The average molecular weight is 261 g/mol. The van der Waals surface area contributed by atoms with E-state index in [1.165, 1.54) is 0 Å². The summed E-state index contributed by atoms with van der Waals surface area (Å²) < 4.78 is 4.88. The molecule has 0 aliphatic carbocycles. The van der Waals surface area contributed by atoms with Gasteiger partial charge in [-0.1, -0.05) is 5.11 Å². The zero-order valence-electron chi connectivity index (χ0n) is 9.46.